The third kappa shape index (κ3) is 4.98. The molecule has 5 nitrogen and oxygen atoms in total. The molecule has 0 aliphatic carbocycles. The minimum Gasteiger partial charge on any atom is -0.339 e. The predicted molar refractivity (Wildman–Crippen MR) is 105 cm³/mol. The highest BCUT2D eigenvalue weighted by atomic mass is 35.5. The smallest absolute Gasteiger partial charge is 0.227 e. The van der Waals surface area contributed by atoms with Gasteiger partial charge >= 0.3 is 0 Å². The van der Waals surface area contributed by atoms with Crippen molar-refractivity contribution >= 4 is 24.2 Å². The lowest BCUT2D eigenvalue weighted by atomic mass is 9.92. The van der Waals surface area contributed by atoms with Gasteiger partial charge in [0.25, 0.3) is 0 Å². The zero-order valence-electron chi connectivity index (χ0n) is 15.7. The van der Waals surface area contributed by atoms with E-state index in [2.05, 4.69) is 12.2 Å². The molecule has 2 heterocycles. The third-order valence-electron chi connectivity index (χ3n) is 5.52. The SMILES string of the molecule is Cc1ccccc1CC(=O)N1CCN(C(=O)[C@H]2CCN[C@@H](C)C2)CC1.Cl. The molecule has 2 saturated heterocycles. The van der Waals surface area contributed by atoms with E-state index in [1.54, 1.807) is 0 Å². The summed E-state index contributed by atoms with van der Waals surface area (Å²) in [5.41, 5.74) is 2.25. The maximum Gasteiger partial charge on any atom is 0.227 e. The second-order valence-electron chi connectivity index (χ2n) is 7.39. The molecule has 26 heavy (non-hydrogen) atoms. The summed E-state index contributed by atoms with van der Waals surface area (Å²) in [4.78, 5) is 29.1. The van der Waals surface area contributed by atoms with E-state index in [9.17, 15) is 9.59 Å². The summed E-state index contributed by atoms with van der Waals surface area (Å²) < 4.78 is 0. The minimum atomic E-state index is 0. The number of nitrogens with one attached hydrogen (secondary N) is 1. The summed E-state index contributed by atoms with van der Waals surface area (Å²) in [6.07, 6.45) is 2.30. The number of benzene rings is 1. The molecule has 0 spiro atoms. The molecule has 2 fully saturated rings. The topological polar surface area (TPSA) is 52.7 Å². The summed E-state index contributed by atoms with van der Waals surface area (Å²) in [5, 5.41) is 3.40. The summed E-state index contributed by atoms with van der Waals surface area (Å²) in [7, 11) is 0. The van der Waals surface area contributed by atoms with E-state index in [1.807, 2.05) is 41.0 Å². The fourth-order valence-corrected chi connectivity index (χ4v) is 3.87. The van der Waals surface area contributed by atoms with Crippen LogP contribution in [-0.2, 0) is 16.0 Å². The Labute approximate surface area is 162 Å². The molecule has 0 radical (unpaired) electrons. The van der Waals surface area contributed by atoms with E-state index in [1.165, 1.54) is 0 Å². The molecule has 144 valence electrons. The van der Waals surface area contributed by atoms with Crippen LogP contribution < -0.4 is 5.32 Å². The van der Waals surface area contributed by atoms with Gasteiger partial charge in [0, 0.05) is 38.1 Å². The van der Waals surface area contributed by atoms with Crippen LogP contribution in [0.3, 0.4) is 0 Å². The van der Waals surface area contributed by atoms with E-state index in [4.69, 9.17) is 0 Å². The maximum atomic E-state index is 12.7. The van der Waals surface area contributed by atoms with Gasteiger partial charge in [0.05, 0.1) is 6.42 Å². The first-order valence-electron chi connectivity index (χ1n) is 9.39. The van der Waals surface area contributed by atoms with Crippen LogP contribution in [0, 0.1) is 12.8 Å². The van der Waals surface area contributed by atoms with Crippen molar-refractivity contribution in [3.63, 3.8) is 0 Å². The van der Waals surface area contributed by atoms with Gasteiger partial charge in [-0.2, -0.15) is 0 Å². The molecule has 2 atom stereocenters. The van der Waals surface area contributed by atoms with Crippen molar-refractivity contribution in [2.75, 3.05) is 32.7 Å². The molecule has 0 bridgehead atoms. The Morgan fingerprint density at radius 1 is 1.12 bits per heavy atom. The van der Waals surface area contributed by atoms with Gasteiger partial charge in [-0.3, -0.25) is 9.59 Å². The van der Waals surface area contributed by atoms with Gasteiger partial charge in [-0.05, 0) is 44.4 Å². The summed E-state index contributed by atoms with van der Waals surface area (Å²) >= 11 is 0. The van der Waals surface area contributed by atoms with Crippen molar-refractivity contribution in [1.29, 1.82) is 0 Å². The second-order valence-corrected chi connectivity index (χ2v) is 7.39. The van der Waals surface area contributed by atoms with E-state index in [0.29, 0.717) is 38.6 Å². The molecular weight excluding hydrogens is 350 g/mol. The average molecular weight is 380 g/mol. The Hall–Kier alpha value is -1.59. The van der Waals surface area contributed by atoms with Crippen molar-refractivity contribution in [3.05, 3.63) is 35.4 Å². The van der Waals surface area contributed by atoms with Gasteiger partial charge < -0.3 is 15.1 Å². The highest BCUT2D eigenvalue weighted by Gasteiger charge is 2.31. The number of rotatable bonds is 3. The Kier molecular flexibility index (Phi) is 7.47. The highest BCUT2D eigenvalue weighted by molar-refractivity contribution is 5.85. The van der Waals surface area contributed by atoms with Crippen molar-refractivity contribution in [3.8, 4) is 0 Å². The van der Waals surface area contributed by atoms with Crippen molar-refractivity contribution in [2.45, 2.75) is 39.2 Å². The van der Waals surface area contributed by atoms with Crippen LogP contribution in [0.2, 0.25) is 0 Å². The number of amides is 2. The average Bonchev–Trinajstić information content (AvgIpc) is 2.63. The zero-order valence-corrected chi connectivity index (χ0v) is 16.6. The monoisotopic (exact) mass is 379 g/mol. The number of hydrogen-bond donors (Lipinski definition) is 1. The van der Waals surface area contributed by atoms with Crippen molar-refractivity contribution in [1.82, 2.24) is 15.1 Å². The molecule has 3 rings (SSSR count). The highest BCUT2D eigenvalue weighted by Crippen LogP contribution is 2.20. The molecular formula is C20H30ClN3O2. The number of halogens is 1. The number of nitrogens with zero attached hydrogens (tertiary/aromatic N) is 2. The Morgan fingerprint density at radius 3 is 2.42 bits per heavy atom. The van der Waals surface area contributed by atoms with E-state index in [-0.39, 0.29) is 30.1 Å². The standard InChI is InChI=1S/C20H29N3O2.ClH/c1-15-5-3-4-6-17(15)14-19(24)22-9-11-23(12-10-22)20(25)18-7-8-21-16(2)13-18;/h3-6,16,18,21H,7-14H2,1-2H3;1H/t16-,18-;/m0./s1. The number of carbonyl (C=O) groups excluding carboxylic acids is 2. The first-order valence-corrected chi connectivity index (χ1v) is 9.39. The van der Waals surface area contributed by atoms with E-state index in [0.717, 1.165) is 30.5 Å². The quantitative estimate of drug-likeness (QED) is 0.874. The molecule has 0 aromatic heterocycles. The summed E-state index contributed by atoms with van der Waals surface area (Å²) in [6, 6.07) is 8.45. The summed E-state index contributed by atoms with van der Waals surface area (Å²) in [6.45, 7) is 7.73. The lowest BCUT2D eigenvalue weighted by molar-refractivity contribution is -0.142. The Bertz CT molecular complexity index is 629. The van der Waals surface area contributed by atoms with Gasteiger partial charge in [-0.25, -0.2) is 0 Å². The lowest BCUT2D eigenvalue weighted by Crippen LogP contribution is -2.53. The molecule has 2 aliphatic rings. The number of carbonyl (C=O) groups is 2. The maximum absolute atomic E-state index is 12.7. The molecule has 0 saturated carbocycles. The minimum absolute atomic E-state index is 0. The Morgan fingerprint density at radius 2 is 1.77 bits per heavy atom. The van der Waals surface area contributed by atoms with Crippen LogP contribution in [0.1, 0.15) is 30.9 Å². The number of aryl methyl sites for hydroxylation is 1. The molecule has 2 amide bonds. The van der Waals surface area contributed by atoms with Gasteiger partial charge in [0.1, 0.15) is 0 Å². The van der Waals surface area contributed by atoms with E-state index < -0.39 is 0 Å². The van der Waals surface area contributed by atoms with Crippen LogP contribution in [-0.4, -0.2) is 60.4 Å². The van der Waals surface area contributed by atoms with Crippen LogP contribution in [0.15, 0.2) is 24.3 Å². The molecule has 6 heteroatoms. The lowest BCUT2D eigenvalue weighted by Gasteiger charge is -2.38. The molecule has 0 unspecified atom stereocenters. The van der Waals surface area contributed by atoms with Crippen LogP contribution >= 0.6 is 12.4 Å². The Balaban J connectivity index is 0.00000243. The zero-order chi connectivity index (χ0) is 17.8. The predicted octanol–water partition coefficient (Wildman–Crippen LogP) is 2.02. The third-order valence-corrected chi connectivity index (χ3v) is 5.52. The van der Waals surface area contributed by atoms with Gasteiger partial charge in [0.15, 0.2) is 0 Å². The van der Waals surface area contributed by atoms with E-state index >= 15 is 0 Å². The number of piperidine rings is 1. The second kappa shape index (κ2) is 9.38. The fourth-order valence-electron chi connectivity index (χ4n) is 3.87. The van der Waals surface area contributed by atoms with Crippen LogP contribution in [0.4, 0.5) is 0 Å². The molecule has 1 N–H and O–H groups in total. The summed E-state index contributed by atoms with van der Waals surface area (Å²) in [5.74, 6) is 0.585. The first kappa shape index (κ1) is 20.7. The first-order chi connectivity index (χ1) is 12.0. The number of piperazine rings is 1. The van der Waals surface area contributed by atoms with Gasteiger partial charge in [0.2, 0.25) is 11.8 Å². The number of hydrogen-bond acceptors (Lipinski definition) is 3. The van der Waals surface area contributed by atoms with Crippen LogP contribution in [0.5, 0.6) is 0 Å². The van der Waals surface area contributed by atoms with Gasteiger partial charge in [-0.1, -0.05) is 24.3 Å². The van der Waals surface area contributed by atoms with Gasteiger partial charge in [-0.15, -0.1) is 12.4 Å². The van der Waals surface area contributed by atoms with Crippen molar-refractivity contribution < 1.29 is 9.59 Å². The molecule has 2 aliphatic heterocycles. The van der Waals surface area contributed by atoms with Crippen LogP contribution in [0.25, 0.3) is 0 Å². The molecule has 1 aromatic carbocycles. The fraction of sp³-hybridized carbons (Fsp3) is 0.600. The van der Waals surface area contributed by atoms with Crippen molar-refractivity contribution in [2.24, 2.45) is 5.92 Å². The normalized spacial score (nSPS) is 23.3. The molecule has 1 aromatic rings. The largest absolute Gasteiger partial charge is 0.339 e.